The van der Waals surface area contributed by atoms with Crippen LogP contribution in [0.2, 0.25) is 0 Å². The molecule has 0 radical (unpaired) electrons. The van der Waals surface area contributed by atoms with Gasteiger partial charge in [0, 0.05) is 115 Å². The van der Waals surface area contributed by atoms with E-state index in [9.17, 15) is 77.0 Å². The van der Waals surface area contributed by atoms with Crippen molar-refractivity contribution in [2.45, 2.75) is 251 Å². The number of amides is 7. The summed E-state index contributed by atoms with van der Waals surface area (Å²) in [5, 5.41) is 30.4. The van der Waals surface area contributed by atoms with E-state index in [1.807, 2.05) is 14.1 Å². The number of unbranched alkanes of at least 4 members (excludes halogenated alkanes) is 1. The van der Waals surface area contributed by atoms with Gasteiger partial charge in [-0.3, -0.25) is 81.7 Å². The molecule has 0 aromatic heterocycles. The van der Waals surface area contributed by atoms with E-state index in [1.165, 1.54) is 25.7 Å². The summed E-state index contributed by atoms with van der Waals surface area (Å²) in [4.78, 5) is 195. The SMILES string of the molecule is C#CCCOP(OC1CCC(C(=O)NCCCCC(C(=O)NCCOCCOC2OC(COC(C)=O)C(OC(C)=O)C(O)C2NC(C)=O)N(CC(=O)NCCOCCOC2OC(COC(C)=O)C(OC(C)=O)C(OC(C)=O)C2NC(C)=O)CC(=O)NCCOCCOC2OC(COC(C)=O)C(OC(C)=O)C(OC(C)=O)C2NC(C)=O)CC1)C(C(C)C)N(C)C. The lowest BCUT2D eigenvalue weighted by atomic mass is 9.87. The largest absolute Gasteiger partial charge is 0.463 e. The Morgan fingerprint density at radius 3 is 1.23 bits per heavy atom. The predicted octanol–water partition coefficient (Wildman–Crippen LogP) is -1.74. The molecule has 18 atom stereocenters. The van der Waals surface area contributed by atoms with E-state index < -0.39 is 222 Å². The van der Waals surface area contributed by atoms with E-state index in [1.54, 1.807) is 0 Å². The molecule has 4 rings (SSSR count). The van der Waals surface area contributed by atoms with Crippen molar-refractivity contribution >= 4 is 97.5 Å². The Balaban J connectivity index is 1.57. The van der Waals surface area contributed by atoms with Crippen LogP contribution in [0.15, 0.2) is 0 Å². The minimum atomic E-state index is -1.60. The van der Waals surface area contributed by atoms with Crippen LogP contribution in [0.5, 0.6) is 0 Å². The summed E-state index contributed by atoms with van der Waals surface area (Å²) in [6.07, 6.45) is -7.71. The van der Waals surface area contributed by atoms with Gasteiger partial charge in [-0.25, -0.2) is 0 Å². The van der Waals surface area contributed by atoms with Crippen LogP contribution in [0.3, 0.4) is 0 Å². The highest BCUT2D eigenvalue weighted by Crippen LogP contribution is 2.51. The van der Waals surface area contributed by atoms with E-state index in [0.29, 0.717) is 45.1 Å². The molecule has 0 aromatic carbocycles. The molecule has 3 heterocycles. The van der Waals surface area contributed by atoms with E-state index in [-0.39, 0.29) is 128 Å². The monoisotopic (exact) mass is 1790 g/mol. The van der Waals surface area contributed by atoms with E-state index >= 15 is 0 Å². The van der Waals surface area contributed by atoms with E-state index in [2.05, 4.69) is 61.9 Å². The average molecular weight is 1790 g/mol. The fourth-order valence-corrected chi connectivity index (χ4v) is 15.9. The molecular formula is C79H128N9O35P. The Labute approximate surface area is 723 Å². The first-order chi connectivity index (χ1) is 58.8. The molecule has 44 nitrogen and oxygen atoms in total. The highest BCUT2D eigenvalue weighted by Gasteiger charge is 2.54. The lowest BCUT2D eigenvalue weighted by Crippen LogP contribution is -2.66. The lowest BCUT2D eigenvalue weighted by Gasteiger charge is -2.44. The lowest BCUT2D eigenvalue weighted by molar-refractivity contribution is -0.279. The van der Waals surface area contributed by atoms with Crippen molar-refractivity contribution in [1.29, 1.82) is 0 Å². The summed E-state index contributed by atoms with van der Waals surface area (Å²) in [5.41, 5.74) is 0. The third-order valence-corrected chi connectivity index (χ3v) is 21.3. The number of aliphatic hydroxyl groups is 1. The van der Waals surface area contributed by atoms with Crippen LogP contribution in [0.4, 0.5) is 0 Å². The molecular weight excluding hydrogens is 1670 g/mol. The van der Waals surface area contributed by atoms with Crippen LogP contribution in [0, 0.1) is 24.2 Å². The van der Waals surface area contributed by atoms with Crippen molar-refractivity contribution in [3.63, 3.8) is 0 Å². The van der Waals surface area contributed by atoms with Gasteiger partial charge in [-0.15, -0.1) is 12.3 Å². The number of ether oxygens (including phenoxy) is 17. The van der Waals surface area contributed by atoms with Gasteiger partial charge in [-0.1, -0.05) is 13.8 Å². The molecule has 7 amide bonds. The molecule has 8 N–H and O–H groups in total. The van der Waals surface area contributed by atoms with Gasteiger partial charge in [0.1, 0.15) is 62.4 Å². The zero-order chi connectivity index (χ0) is 92.1. The molecule has 704 valence electrons. The Morgan fingerprint density at radius 1 is 0.460 bits per heavy atom. The molecule has 0 bridgehead atoms. The first-order valence-electron chi connectivity index (χ1n) is 41.1. The van der Waals surface area contributed by atoms with Crippen LogP contribution < -0.4 is 37.2 Å². The minimum Gasteiger partial charge on any atom is -0.463 e. The number of terminal acetylenes is 1. The highest BCUT2D eigenvalue weighted by atomic mass is 31.2. The summed E-state index contributed by atoms with van der Waals surface area (Å²) in [6, 6.07) is -5.07. The second kappa shape index (κ2) is 58.0. The van der Waals surface area contributed by atoms with Gasteiger partial charge in [-0.2, -0.15) is 0 Å². The fraction of sp³-hybridized carbons (Fsp3) is 0.785. The molecule has 4 fully saturated rings. The number of nitrogens with one attached hydrogen (secondary N) is 7. The maximum atomic E-state index is 14.8. The smallest absolute Gasteiger partial charge is 0.303 e. The van der Waals surface area contributed by atoms with Crippen LogP contribution in [0.1, 0.15) is 141 Å². The molecule has 0 spiro atoms. The standard InChI is InChI=1S/C79H128N9O35P/c1-17-18-30-114-124(76(45(2)3)87(15)16)123-58-24-22-57(23-25-58)74(103)82-26-20-19-21-59(75(104)83-29-33-107-34-37-108-77-65(84-46(4)89)68(102)69(115-52(10)95)60(120-77)42-111-49(7)92)88(40-63(100)80-27-31-105-35-38-109-78-66(85-47(5)90)72(118-55(13)98)70(116-53(11)96)61(121-78)43-112-50(8)93)41-64(101)81-28-32-106-36-39-110-79-67(86-48(6)91)73(119-56(14)99)71(117-54(12)97)62(122-79)44-113-51(9)94/h1,45,57-62,65-73,76-79,102H,18-44H2,2-16H3,(H,80,100)(H,81,101)(H,82,103)(H,83,104)(H,84,89)(H,85,90)(H,86,91). The molecule has 1 saturated carbocycles. The van der Waals surface area contributed by atoms with Gasteiger partial charge < -0.3 is 132 Å². The van der Waals surface area contributed by atoms with Crippen LogP contribution in [0.25, 0.3) is 0 Å². The van der Waals surface area contributed by atoms with Crippen LogP contribution >= 0.6 is 8.38 Å². The zero-order valence-corrected chi connectivity index (χ0v) is 74.3. The van der Waals surface area contributed by atoms with Crippen molar-refractivity contribution in [2.75, 3.05) is 139 Å². The van der Waals surface area contributed by atoms with E-state index in [0.717, 1.165) is 55.4 Å². The predicted molar refractivity (Wildman–Crippen MR) is 430 cm³/mol. The van der Waals surface area contributed by atoms with Gasteiger partial charge in [0.25, 0.3) is 0 Å². The maximum Gasteiger partial charge on any atom is 0.303 e. The van der Waals surface area contributed by atoms with Crippen molar-refractivity contribution in [3.05, 3.63) is 0 Å². The van der Waals surface area contributed by atoms with Gasteiger partial charge in [-0.05, 0) is 65.0 Å². The van der Waals surface area contributed by atoms with Crippen molar-refractivity contribution < 1.29 is 167 Å². The summed E-state index contributed by atoms with van der Waals surface area (Å²) >= 11 is 0. The Morgan fingerprint density at radius 2 is 0.847 bits per heavy atom. The number of carbonyl (C=O) groups excluding carboxylic acids is 15. The average Bonchev–Trinajstić information content (AvgIpc) is 0.793. The van der Waals surface area contributed by atoms with Gasteiger partial charge in [0.2, 0.25) is 41.4 Å². The second-order valence-corrected chi connectivity index (χ2v) is 31.6. The highest BCUT2D eigenvalue weighted by molar-refractivity contribution is 7.48. The number of hydrogen-bond acceptors (Lipinski definition) is 37. The van der Waals surface area contributed by atoms with Crippen molar-refractivity contribution in [2.24, 2.45) is 11.8 Å². The Bertz CT molecular complexity index is 3330. The maximum absolute atomic E-state index is 14.8. The molecule has 3 saturated heterocycles. The number of esters is 8. The van der Waals surface area contributed by atoms with Gasteiger partial charge in [0.15, 0.2) is 57.8 Å². The quantitative estimate of drug-likeness (QED) is 0.0110. The first-order valence-corrected chi connectivity index (χ1v) is 42.4. The number of rotatable bonds is 55. The molecule has 4 aliphatic rings. The Kier molecular flexibility index (Phi) is 50.4. The molecule has 1 aliphatic carbocycles. The van der Waals surface area contributed by atoms with Crippen LogP contribution in [-0.4, -0.2) is 353 Å². The van der Waals surface area contributed by atoms with Crippen LogP contribution in [-0.2, 0) is 161 Å². The zero-order valence-electron chi connectivity index (χ0n) is 73.4. The molecule has 0 aromatic rings. The number of nitrogens with zero attached hydrogens (tertiary/aromatic N) is 2. The molecule has 18 unspecified atom stereocenters. The summed E-state index contributed by atoms with van der Waals surface area (Å²) in [7, 11) is 2.59. The summed E-state index contributed by atoms with van der Waals surface area (Å²) < 4.78 is 109. The Hall–Kier alpha value is -8.52. The number of hydrogen-bond donors (Lipinski definition) is 8. The fourth-order valence-electron chi connectivity index (χ4n) is 13.9. The van der Waals surface area contributed by atoms with Crippen molar-refractivity contribution in [3.8, 4) is 12.3 Å². The van der Waals surface area contributed by atoms with Crippen molar-refractivity contribution in [1.82, 2.24) is 47.0 Å². The third kappa shape index (κ3) is 40.8. The van der Waals surface area contributed by atoms with Gasteiger partial charge in [0.05, 0.1) is 97.1 Å². The summed E-state index contributed by atoms with van der Waals surface area (Å²) in [5.74, 6) is -7.67. The number of aliphatic hydroxyl groups excluding tert-OH is 1. The van der Waals surface area contributed by atoms with Gasteiger partial charge >= 0.3 is 47.8 Å². The second-order valence-electron chi connectivity index (χ2n) is 30.0. The topological polar surface area (TPSA) is 542 Å². The minimum absolute atomic E-state index is 0.00558. The molecule has 124 heavy (non-hydrogen) atoms. The third-order valence-electron chi connectivity index (χ3n) is 18.9. The first kappa shape index (κ1) is 108. The summed E-state index contributed by atoms with van der Waals surface area (Å²) in [6.45, 7) is 12.4. The normalized spacial score (nSPS) is 24.9. The van der Waals surface area contributed by atoms with E-state index in [4.69, 9.17) is 96.0 Å². The molecule has 3 aliphatic heterocycles. The molecule has 45 heteroatoms. The number of carbonyl (C=O) groups is 15.